The summed E-state index contributed by atoms with van der Waals surface area (Å²) >= 11 is 5.84. The summed E-state index contributed by atoms with van der Waals surface area (Å²) < 4.78 is 4.67. The summed E-state index contributed by atoms with van der Waals surface area (Å²) in [4.78, 5) is 10.8. The number of hydrogen-bond acceptors (Lipinski definition) is 2. The number of ether oxygens (including phenoxy) is 1. The second-order valence-corrected chi connectivity index (χ2v) is 2.96. The fourth-order valence-corrected chi connectivity index (χ4v) is 1.26. The van der Waals surface area contributed by atoms with Crippen molar-refractivity contribution >= 4 is 23.1 Å². The van der Waals surface area contributed by atoms with Crippen molar-refractivity contribution in [1.82, 2.24) is 0 Å². The standard InChI is InChI=1S/C10H9ClO3/c1-14-6-8(10(12)13)7-4-2-3-5-9(7)11/h2-6H,1H3,(H,12,13)/b8-6+. The molecule has 0 spiro atoms. The molecule has 0 aromatic heterocycles. The van der Waals surface area contributed by atoms with E-state index in [9.17, 15) is 4.79 Å². The maximum absolute atomic E-state index is 10.8. The maximum atomic E-state index is 10.8. The average Bonchev–Trinajstić information content (AvgIpc) is 2.15. The largest absolute Gasteiger partial charge is 0.503 e. The molecule has 1 N–H and O–H groups in total. The lowest BCUT2D eigenvalue weighted by atomic mass is 10.1. The van der Waals surface area contributed by atoms with Gasteiger partial charge in [-0.3, -0.25) is 0 Å². The highest BCUT2D eigenvalue weighted by molar-refractivity contribution is 6.34. The van der Waals surface area contributed by atoms with E-state index in [4.69, 9.17) is 16.7 Å². The summed E-state index contributed by atoms with van der Waals surface area (Å²) in [5, 5.41) is 9.26. The van der Waals surface area contributed by atoms with Crippen LogP contribution in [0.4, 0.5) is 0 Å². The predicted octanol–water partition coefficient (Wildman–Crippen LogP) is 2.41. The van der Waals surface area contributed by atoms with E-state index in [2.05, 4.69) is 4.74 Å². The Morgan fingerprint density at radius 2 is 2.14 bits per heavy atom. The molecule has 14 heavy (non-hydrogen) atoms. The number of carboxylic acids is 1. The van der Waals surface area contributed by atoms with Gasteiger partial charge in [-0.25, -0.2) is 4.79 Å². The lowest BCUT2D eigenvalue weighted by molar-refractivity contribution is -0.130. The zero-order valence-electron chi connectivity index (χ0n) is 7.53. The Hall–Kier alpha value is -1.48. The second-order valence-electron chi connectivity index (χ2n) is 2.55. The van der Waals surface area contributed by atoms with Crippen molar-refractivity contribution in [1.29, 1.82) is 0 Å². The van der Waals surface area contributed by atoms with Gasteiger partial charge in [-0.2, -0.15) is 0 Å². The molecule has 0 bridgehead atoms. The van der Waals surface area contributed by atoms with Gasteiger partial charge >= 0.3 is 5.97 Å². The Bertz CT molecular complexity index is 371. The van der Waals surface area contributed by atoms with Gasteiger partial charge in [0.15, 0.2) is 0 Å². The highest BCUT2D eigenvalue weighted by Crippen LogP contribution is 2.23. The van der Waals surface area contributed by atoms with E-state index in [0.717, 1.165) is 6.26 Å². The summed E-state index contributed by atoms with van der Waals surface area (Å²) in [6.45, 7) is 0. The van der Waals surface area contributed by atoms with Crippen molar-refractivity contribution in [2.24, 2.45) is 0 Å². The highest BCUT2D eigenvalue weighted by atomic mass is 35.5. The fourth-order valence-electron chi connectivity index (χ4n) is 1.03. The van der Waals surface area contributed by atoms with Crippen molar-refractivity contribution in [3.05, 3.63) is 41.1 Å². The van der Waals surface area contributed by atoms with Crippen LogP contribution in [0.5, 0.6) is 0 Å². The van der Waals surface area contributed by atoms with E-state index in [0.29, 0.717) is 10.6 Å². The Morgan fingerprint density at radius 3 is 2.64 bits per heavy atom. The zero-order chi connectivity index (χ0) is 10.6. The molecule has 0 atom stereocenters. The van der Waals surface area contributed by atoms with Crippen molar-refractivity contribution in [3.63, 3.8) is 0 Å². The Labute approximate surface area is 86.6 Å². The number of halogens is 1. The van der Waals surface area contributed by atoms with E-state index in [1.807, 2.05) is 0 Å². The van der Waals surface area contributed by atoms with Crippen LogP contribution in [0.2, 0.25) is 5.02 Å². The topological polar surface area (TPSA) is 46.5 Å². The number of rotatable bonds is 3. The smallest absolute Gasteiger partial charge is 0.339 e. The van der Waals surface area contributed by atoms with E-state index in [1.165, 1.54) is 7.11 Å². The first-order valence-corrected chi connectivity index (χ1v) is 4.25. The number of benzene rings is 1. The minimum atomic E-state index is -1.07. The van der Waals surface area contributed by atoms with E-state index in [-0.39, 0.29) is 5.57 Å². The lowest BCUT2D eigenvalue weighted by Crippen LogP contribution is -2.00. The van der Waals surface area contributed by atoms with Crippen LogP contribution in [0.3, 0.4) is 0 Å². The Morgan fingerprint density at radius 1 is 1.50 bits per heavy atom. The molecule has 0 amide bonds. The molecule has 1 aromatic carbocycles. The number of methoxy groups -OCH3 is 1. The first kappa shape index (κ1) is 10.6. The monoisotopic (exact) mass is 212 g/mol. The van der Waals surface area contributed by atoms with Gasteiger partial charge < -0.3 is 9.84 Å². The molecule has 0 aliphatic carbocycles. The van der Waals surface area contributed by atoms with E-state index < -0.39 is 5.97 Å². The van der Waals surface area contributed by atoms with Gasteiger partial charge in [0.05, 0.1) is 13.4 Å². The van der Waals surface area contributed by atoms with Crippen LogP contribution >= 0.6 is 11.6 Å². The Kier molecular flexibility index (Phi) is 3.54. The molecule has 3 nitrogen and oxygen atoms in total. The van der Waals surface area contributed by atoms with Crippen molar-refractivity contribution in [2.75, 3.05) is 7.11 Å². The normalized spacial score (nSPS) is 11.1. The summed E-state index contributed by atoms with van der Waals surface area (Å²) in [5.41, 5.74) is 0.488. The van der Waals surface area contributed by atoms with Crippen LogP contribution in [0.15, 0.2) is 30.5 Å². The third-order valence-corrected chi connectivity index (χ3v) is 1.96. The Balaban J connectivity index is 3.19. The molecular weight excluding hydrogens is 204 g/mol. The quantitative estimate of drug-likeness (QED) is 0.618. The molecule has 0 saturated carbocycles. The van der Waals surface area contributed by atoms with Gasteiger partial charge in [0.1, 0.15) is 5.57 Å². The molecule has 4 heteroatoms. The molecule has 0 saturated heterocycles. The van der Waals surface area contributed by atoms with Crippen LogP contribution < -0.4 is 0 Å². The van der Waals surface area contributed by atoms with Gasteiger partial charge in [0.2, 0.25) is 0 Å². The summed E-state index contributed by atoms with van der Waals surface area (Å²) in [5.74, 6) is -1.07. The highest BCUT2D eigenvalue weighted by Gasteiger charge is 2.13. The minimum Gasteiger partial charge on any atom is -0.503 e. The van der Waals surface area contributed by atoms with Gasteiger partial charge in [0.25, 0.3) is 0 Å². The van der Waals surface area contributed by atoms with Gasteiger partial charge in [-0.15, -0.1) is 0 Å². The van der Waals surface area contributed by atoms with Gasteiger partial charge in [-0.05, 0) is 6.07 Å². The van der Waals surface area contributed by atoms with Crippen LogP contribution in [-0.2, 0) is 9.53 Å². The number of carbonyl (C=O) groups is 1. The first-order valence-electron chi connectivity index (χ1n) is 3.88. The average molecular weight is 213 g/mol. The molecule has 1 aromatic rings. The van der Waals surface area contributed by atoms with Gasteiger partial charge in [-0.1, -0.05) is 29.8 Å². The van der Waals surface area contributed by atoms with E-state index in [1.54, 1.807) is 24.3 Å². The molecule has 0 aliphatic rings. The molecular formula is C10H9ClO3. The summed E-state index contributed by atoms with van der Waals surface area (Å²) in [6, 6.07) is 6.70. The van der Waals surface area contributed by atoms with Crippen LogP contribution in [0, 0.1) is 0 Å². The number of aliphatic carboxylic acids is 1. The molecule has 1 rings (SSSR count). The molecule has 0 unspecified atom stereocenters. The lowest BCUT2D eigenvalue weighted by Gasteiger charge is -2.03. The maximum Gasteiger partial charge on any atom is 0.339 e. The van der Waals surface area contributed by atoms with Crippen molar-refractivity contribution in [2.45, 2.75) is 0 Å². The van der Waals surface area contributed by atoms with Crippen molar-refractivity contribution in [3.8, 4) is 0 Å². The van der Waals surface area contributed by atoms with Crippen LogP contribution in [0.1, 0.15) is 5.56 Å². The third kappa shape index (κ3) is 2.26. The number of carboxylic acid groups (broad SMARTS) is 1. The van der Waals surface area contributed by atoms with E-state index >= 15 is 0 Å². The van der Waals surface area contributed by atoms with Crippen LogP contribution in [-0.4, -0.2) is 18.2 Å². The second kappa shape index (κ2) is 4.67. The minimum absolute atomic E-state index is 0.0399. The van der Waals surface area contributed by atoms with Crippen molar-refractivity contribution < 1.29 is 14.6 Å². The summed E-state index contributed by atoms with van der Waals surface area (Å²) in [7, 11) is 1.39. The number of hydrogen-bond donors (Lipinski definition) is 1. The first-order chi connectivity index (χ1) is 6.66. The molecule has 74 valence electrons. The SMILES string of the molecule is CO/C=C(/C(=O)O)c1ccccc1Cl. The molecule has 0 fully saturated rings. The molecule has 0 aliphatic heterocycles. The zero-order valence-corrected chi connectivity index (χ0v) is 8.28. The van der Waals surface area contributed by atoms with Gasteiger partial charge in [0, 0.05) is 10.6 Å². The fraction of sp³-hybridized carbons (Fsp3) is 0.100. The third-order valence-electron chi connectivity index (χ3n) is 1.63. The summed E-state index contributed by atoms with van der Waals surface area (Å²) in [6.07, 6.45) is 1.16. The predicted molar refractivity (Wildman–Crippen MR) is 54.1 cm³/mol. The molecule has 0 radical (unpaired) electrons. The van der Waals surface area contributed by atoms with Crippen LogP contribution in [0.25, 0.3) is 5.57 Å². The molecule has 0 heterocycles.